The predicted octanol–water partition coefficient (Wildman–Crippen LogP) is 3.77. The molecule has 0 aromatic carbocycles. The molecule has 0 spiro atoms. The van der Waals surface area contributed by atoms with Gasteiger partial charge >= 0.3 is 0 Å². The Balaban J connectivity index is 1.87. The first-order valence-electron chi connectivity index (χ1n) is 8.76. The first-order valence-corrected chi connectivity index (χ1v) is 8.76. The summed E-state index contributed by atoms with van der Waals surface area (Å²) in [7, 11) is 4.49. The minimum absolute atomic E-state index is 0.476. The molecule has 0 aliphatic heterocycles. The molecule has 3 unspecified atom stereocenters. The van der Waals surface area contributed by atoms with E-state index in [0.717, 1.165) is 23.8 Å². The van der Waals surface area contributed by atoms with E-state index >= 15 is 0 Å². The molecule has 2 heteroatoms. The summed E-state index contributed by atoms with van der Waals surface area (Å²) in [5, 5.41) is 3.59. The Morgan fingerprint density at radius 3 is 2.25 bits per heavy atom. The van der Waals surface area contributed by atoms with Crippen molar-refractivity contribution in [3.63, 3.8) is 0 Å². The van der Waals surface area contributed by atoms with Crippen molar-refractivity contribution in [1.82, 2.24) is 10.2 Å². The van der Waals surface area contributed by atoms with Crippen molar-refractivity contribution in [2.45, 2.75) is 65.3 Å². The number of nitrogens with one attached hydrogen (secondary N) is 1. The second kappa shape index (κ2) is 6.79. The second-order valence-corrected chi connectivity index (χ2v) is 8.55. The van der Waals surface area contributed by atoms with E-state index in [9.17, 15) is 0 Å². The molecule has 0 bridgehead atoms. The summed E-state index contributed by atoms with van der Waals surface area (Å²) in [6.45, 7) is 9.88. The minimum Gasteiger partial charge on any atom is -0.317 e. The van der Waals surface area contributed by atoms with E-state index < -0.39 is 0 Å². The van der Waals surface area contributed by atoms with E-state index in [4.69, 9.17) is 0 Å². The SMILES string of the molecule is CNC1CCC(C(C)(C)C)CC1CN(C)CC1CCC1. The largest absolute Gasteiger partial charge is 0.317 e. The summed E-state index contributed by atoms with van der Waals surface area (Å²) >= 11 is 0. The highest BCUT2D eigenvalue weighted by molar-refractivity contribution is 4.90. The van der Waals surface area contributed by atoms with Crippen LogP contribution in [0.15, 0.2) is 0 Å². The van der Waals surface area contributed by atoms with E-state index in [1.54, 1.807) is 0 Å². The highest BCUT2D eigenvalue weighted by Crippen LogP contribution is 2.40. The zero-order valence-electron chi connectivity index (χ0n) is 14.4. The van der Waals surface area contributed by atoms with Crippen molar-refractivity contribution in [3.05, 3.63) is 0 Å². The normalized spacial score (nSPS) is 32.4. The third-order valence-electron chi connectivity index (χ3n) is 5.92. The molecule has 0 heterocycles. The van der Waals surface area contributed by atoms with Gasteiger partial charge in [0.1, 0.15) is 0 Å². The number of hydrogen-bond acceptors (Lipinski definition) is 2. The highest BCUT2D eigenvalue weighted by atomic mass is 15.1. The van der Waals surface area contributed by atoms with Crippen LogP contribution in [0.2, 0.25) is 0 Å². The molecule has 2 saturated carbocycles. The van der Waals surface area contributed by atoms with Gasteiger partial charge in [0.2, 0.25) is 0 Å². The van der Waals surface area contributed by atoms with Crippen molar-refractivity contribution in [2.75, 3.05) is 27.2 Å². The number of nitrogens with zero attached hydrogens (tertiary/aromatic N) is 1. The minimum atomic E-state index is 0.476. The Labute approximate surface area is 126 Å². The summed E-state index contributed by atoms with van der Waals surface area (Å²) in [5.41, 5.74) is 0.476. The van der Waals surface area contributed by atoms with Gasteiger partial charge in [0.25, 0.3) is 0 Å². The molecule has 0 aromatic rings. The fourth-order valence-electron chi connectivity index (χ4n) is 4.22. The first-order chi connectivity index (χ1) is 9.40. The number of hydrogen-bond donors (Lipinski definition) is 1. The van der Waals surface area contributed by atoms with E-state index in [2.05, 4.69) is 45.1 Å². The molecular weight excluding hydrogens is 244 g/mol. The van der Waals surface area contributed by atoms with Crippen LogP contribution < -0.4 is 5.32 Å². The number of rotatable bonds is 5. The van der Waals surface area contributed by atoms with Crippen molar-refractivity contribution in [2.24, 2.45) is 23.2 Å². The van der Waals surface area contributed by atoms with Crippen LogP contribution in [-0.4, -0.2) is 38.1 Å². The topological polar surface area (TPSA) is 15.3 Å². The smallest absolute Gasteiger partial charge is 0.0105 e. The Bertz CT molecular complexity index is 290. The Morgan fingerprint density at radius 2 is 1.75 bits per heavy atom. The molecular formula is C18H36N2. The fraction of sp³-hybridized carbons (Fsp3) is 1.00. The van der Waals surface area contributed by atoms with Crippen LogP contribution in [-0.2, 0) is 0 Å². The monoisotopic (exact) mass is 280 g/mol. The van der Waals surface area contributed by atoms with Gasteiger partial charge in [-0.3, -0.25) is 0 Å². The maximum absolute atomic E-state index is 3.59. The molecule has 20 heavy (non-hydrogen) atoms. The van der Waals surface area contributed by atoms with Gasteiger partial charge in [-0.15, -0.1) is 0 Å². The zero-order valence-corrected chi connectivity index (χ0v) is 14.4. The molecule has 0 radical (unpaired) electrons. The molecule has 2 aliphatic carbocycles. The van der Waals surface area contributed by atoms with Gasteiger partial charge < -0.3 is 10.2 Å². The van der Waals surface area contributed by atoms with Gasteiger partial charge in [0.15, 0.2) is 0 Å². The van der Waals surface area contributed by atoms with Crippen molar-refractivity contribution in [1.29, 1.82) is 0 Å². The molecule has 0 saturated heterocycles. The second-order valence-electron chi connectivity index (χ2n) is 8.55. The Morgan fingerprint density at radius 1 is 1.05 bits per heavy atom. The zero-order chi connectivity index (χ0) is 14.8. The van der Waals surface area contributed by atoms with E-state index in [0.29, 0.717) is 5.41 Å². The standard InChI is InChI=1S/C18H36N2/c1-18(2,3)16-9-10-17(19-4)15(11-16)13-20(5)12-14-7-6-8-14/h14-17,19H,6-13H2,1-5H3. The lowest BCUT2D eigenvalue weighted by atomic mass is 9.67. The Hall–Kier alpha value is -0.0800. The average molecular weight is 280 g/mol. The molecule has 118 valence electrons. The van der Waals surface area contributed by atoms with Crippen LogP contribution in [0.25, 0.3) is 0 Å². The first kappa shape index (κ1) is 16.3. The fourth-order valence-corrected chi connectivity index (χ4v) is 4.22. The van der Waals surface area contributed by atoms with Crippen LogP contribution in [0.5, 0.6) is 0 Å². The lowest BCUT2D eigenvalue weighted by molar-refractivity contribution is 0.0872. The van der Waals surface area contributed by atoms with Gasteiger partial charge in [-0.2, -0.15) is 0 Å². The van der Waals surface area contributed by atoms with Crippen LogP contribution in [0.3, 0.4) is 0 Å². The van der Waals surface area contributed by atoms with Gasteiger partial charge in [-0.1, -0.05) is 27.2 Å². The van der Waals surface area contributed by atoms with Crippen LogP contribution in [0.1, 0.15) is 59.3 Å². The van der Waals surface area contributed by atoms with Gasteiger partial charge in [-0.05, 0) is 69.4 Å². The van der Waals surface area contributed by atoms with E-state index in [1.807, 2.05) is 0 Å². The van der Waals surface area contributed by atoms with Crippen LogP contribution >= 0.6 is 0 Å². The lowest BCUT2D eigenvalue weighted by Gasteiger charge is -2.43. The lowest BCUT2D eigenvalue weighted by Crippen LogP contribution is -2.46. The summed E-state index contributed by atoms with van der Waals surface area (Å²) in [4.78, 5) is 2.61. The van der Waals surface area contributed by atoms with Gasteiger partial charge in [0.05, 0.1) is 0 Å². The van der Waals surface area contributed by atoms with Gasteiger partial charge in [0, 0.05) is 19.1 Å². The molecule has 2 aliphatic rings. The van der Waals surface area contributed by atoms with Crippen LogP contribution in [0, 0.1) is 23.2 Å². The van der Waals surface area contributed by atoms with Gasteiger partial charge in [-0.25, -0.2) is 0 Å². The van der Waals surface area contributed by atoms with Crippen molar-refractivity contribution < 1.29 is 0 Å². The molecule has 2 rings (SSSR count). The highest BCUT2D eigenvalue weighted by Gasteiger charge is 2.35. The average Bonchev–Trinajstić information content (AvgIpc) is 2.33. The summed E-state index contributed by atoms with van der Waals surface area (Å²) in [6.07, 6.45) is 8.57. The summed E-state index contributed by atoms with van der Waals surface area (Å²) < 4.78 is 0. The van der Waals surface area contributed by atoms with Crippen LogP contribution in [0.4, 0.5) is 0 Å². The molecule has 1 N–H and O–H groups in total. The van der Waals surface area contributed by atoms with E-state index in [1.165, 1.54) is 51.6 Å². The molecule has 0 aromatic heterocycles. The van der Waals surface area contributed by atoms with Crippen molar-refractivity contribution >= 4 is 0 Å². The van der Waals surface area contributed by atoms with E-state index in [-0.39, 0.29) is 0 Å². The third-order valence-corrected chi connectivity index (χ3v) is 5.92. The quantitative estimate of drug-likeness (QED) is 0.824. The predicted molar refractivity (Wildman–Crippen MR) is 88.0 cm³/mol. The molecule has 3 atom stereocenters. The molecule has 2 fully saturated rings. The maximum atomic E-state index is 3.59. The molecule has 0 amide bonds. The summed E-state index contributed by atoms with van der Waals surface area (Å²) in [5.74, 6) is 2.73. The Kier molecular flexibility index (Phi) is 5.53. The van der Waals surface area contributed by atoms with Crippen molar-refractivity contribution in [3.8, 4) is 0 Å². The maximum Gasteiger partial charge on any atom is 0.0105 e. The molecule has 2 nitrogen and oxygen atoms in total. The third kappa shape index (κ3) is 4.21. The summed E-state index contributed by atoms with van der Waals surface area (Å²) in [6, 6.07) is 0.734.